The van der Waals surface area contributed by atoms with Gasteiger partial charge in [0.05, 0.1) is 17.3 Å². The lowest BCUT2D eigenvalue weighted by Crippen LogP contribution is -2.82. The van der Waals surface area contributed by atoms with E-state index in [0.29, 0.717) is 0 Å². The Morgan fingerprint density at radius 1 is 0.923 bits per heavy atom. The first-order valence-electron chi connectivity index (χ1n) is 7.63. The minimum absolute atomic E-state index is 0.0830. The Balaban J connectivity index is 1.96. The highest BCUT2D eigenvalue weighted by Gasteiger charge is 2.03. The second kappa shape index (κ2) is 8.73. The summed E-state index contributed by atoms with van der Waals surface area (Å²) in [6.45, 7) is 0. The highest BCUT2D eigenvalue weighted by Crippen LogP contribution is 2.01. The molecule has 0 unspecified atom stereocenters. The lowest BCUT2D eigenvalue weighted by Gasteiger charge is -1.95. The molecule has 0 aliphatic heterocycles. The highest BCUT2D eigenvalue weighted by molar-refractivity contribution is 5.95. The van der Waals surface area contributed by atoms with Gasteiger partial charge >= 0.3 is 0 Å². The normalized spacial score (nSPS) is 11.8. The molecule has 2 aromatic carbocycles. The summed E-state index contributed by atoms with van der Waals surface area (Å²) < 4.78 is 0. The summed E-state index contributed by atoms with van der Waals surface area (Å²) in [5, 5.41) is 21.7. The van der Waals surface area contributed by atoms with Gasteiger partial charge in [-0.25, -0.2) is 0 Å². The number of hydrogen-bond donors (Lipinski definition) is 7. The summed E-state index contributed by atoms with van der Waals surface area (Å²) in [4.78, 5) is 0. The summed E-state index contributed by atoms with van der Waals surface area (Å²) in [6.07, 6.45) is 3.22. The maximum absolute atomic E-state index is 5.71. The van der Waals surface area contributed by atoms with E-state index in [9.17, 15) is 0 Å². The van der Waals surface area contributed by atoms with Crippen LogP contribution in [0.4, 0.5) is 0 Å². The Morgan fingerprint density at radius 2 is 1.50 bits per heavy atom. The van der Waals surface area contributed by atoms with Gasteiger partial charge in [0.2, 0.25) is 0 Å². The second-order valence-electron chi connectivity index (χ2n) is 5.31. The number of guanidine groups is 1. The SMILES string of the molecule is NC(=[NH2+])c1cccc(C=[NH+]N/C(N)=N/N=C/c2cccc(C(N)=[NH2+])c2)c1. The summed E-state index contributed by atoms with van der Waals surface area (Å²) >= 11 is 0. The number of nitrogens with two attached hydrogens (primary N) is 5. The van der Waals surface area contributed by atoms with Crippen molar-refractivity contribution in [3.8, 4) is 0 Å². The van der Waals surface area contributed by atoms with Crippen LogP contribution in [0.25, 0.3) is 0 Å². The lowest BCUT2D eigenvalue weighted by atomic mass is 10.1. The van der Waals surface area contributed by atoms with Crippen molar-refractivity contribution in [2.45, 2.75) is 0 Å². The average molecular weight is 352 g/mol. The van der Waals surface area contributed by atoms with Crippen molar-refractivity contribution in [1.29, 1.82) is 0 Å². The molecule has 0 heterocycles. The number of rotatable bonds is 6. The molecule has 26 heavy (non-hydrogen) atoms. The number of hydrazine groups is 1. The zero-order chi connectivity index (χ0) is 18.9. The van der Waals surface area contributed by atoms with Crippen LogP contribution in [0, 0.1) is 0 Å². The summed E-state index contributed by atoms with van der Waals surface area (Å²) in [5.41, 5.74) is 22.6. The van der Waals surface area contributed by atoms with E-state index in [2.05, 4.69) is 20.7 Å². The molecule has 2 aromatic rings. The predicted octanol–water partition coefficient (Wildman–Crippen LogP) is -5.03. The Labute approximate surface area is 150 Å². The van der Waals surface area contributed by atoms with E-state index in [1.807, 2.05) is 36.4 Å². The minimum atomic E-state index is 0.0830. The molecule has 0 amide bonds. The maximum Gasteiger partial charge on any atom is 0.270 e. The molecule has 9 heteroatoms. The summed E-state index contributed by atoms with van der Waals surface area (Å²) in [5.74, 6) is 0.573. The van der Waals surface area contributed by atoms with E-state index in [0.717, 1.165) is 22.3 Å². The number of nitrogens with zero attached hydrogens (tertiary/aromatic N) is 2. The molecule has 0 saturated carbocycles. The van der Waals surface area contributed by atoms with Gasteiger partial charge in [-0.3, -0.25) is 22.3 Å². The van der Waals surface area contributed by atoms with Crippen LogP contribution in [-0.4, -0.2) is 30.1 Å². The van der Waals surface area contributed by atoms with E-state index in [1.54, 1.807) is 18.3 Å². The van der Waals surface area contributed by atoms with Gasteiger partial charge in [-0.2, -0.15) is 5.10 Å². The third kappa shape index (κ3) is 5.57. The predicted molar refractivity (Wildman–Crippen MR) is 102 cm³/mol. The van der Waals surface area contributed by atoms with Crippen molar-refractivity contribution in [1.82, 2.24) is 5.43 Å². The molecule has 0 saturated heterocycles. The number of nitrogens with one attached hydrogen (secondary N) is 2. The number of amidine groups is 2. The average Bonchev–Trinajstić information content (AvgIpc) is 2.62. The third-order valence-corrected chi connectivity index (χ3v) is 3.25. The van der Waals surface area contributed by atoms with Crippen molar-refractivity contribution < 1.29 is 15.9 Å². The Hall–Kier alpha value is -4.01. The van der Waals surface area contributed by atoms with E-state index >= 15 is 0 Å². The summed E-state index contributed by atoms with van der Waals surface area (Å²) in [6, 6.07) is 14.6. The first kappa shape index (κ1) is 18.3. The van der Waals surface area contributed by atoms with Crippen molar-refractivity contribution in [3.05, 3.63) is 70.8 Å². The van der Waals surface area contributed by atoms with Gasteiger partial charge in [-0.15, -0.1) is 15.6 Å². The van der Waals surface area contributed by atoms with E-state index in [1.165, 1.54) is 6.21 Å². The molecule has 0 fully saturated rings. The molecule has 0 radical (unpaired) electrons. The van der Waals surface area contributed by atoms with E-state index in [-0.39, 0.29) is 17.6 Å². The quantitative estimate of drug-likeness (QED) is 0.156. The lowest BCUT2D eigenvalue weighted by molar-refractivity contribution is -0.500. The second-order valence-corrected chi connectivity index (χ2v) is 5.31. The van der Waals surface area contributed by atoms with Crippen LogP contribution in [0.15, 0.2) is 58.7 Å². The number of benzene rings is 2. The first-order valence-corrected chi connectivity index (χ1v) is 7.63. The number of hydrogen-bond acceptors (Lipinski definition) is 2. The Bertz CT molecular complexity index is 897. The van der Waals surface area contributed by atoms with Crippen LogP contribution < -0.4 is 38.5 Å². The van der Waals surface area contributed by atoms with E-state index in [4.69, 9.17) is 28.0 Å². The zero-order valence-corrected chi connectivity index (χ0v) is 14.1. The third-order valence-electron chi connectivity index (χ3n) is 3.25. The smallest absolute Gasteiger partial charge is 0.270 e. The van der Waals surface area contributed by atoms with Gasteiger partial charge in [0, 0.05) is 5.56 Å². The fourth-order valence-electron chi connectivity index (χ4n) is 1.98. The van der Waals surface area contributed by atoms with Crippen LogP contribution in [0.1, 0.15) is 22.3 Å². The van der Waals surface area contributed by atoms with Crippen LogP contribution in [0.3, 0.4) is 0 Å². The van der Waals surface area contributed by atoms with Crippen molar-refractivity contribution in [3.63, 3.8) is 0 Å². The van der Waals surface area contributed by atoms with Crippen LogP contribution >= 0.6 is 0 Å². The molecule has 9 nitrogen and oxygen atoms in total. The van der Waals surface area contributed by atoms with Gasteiger partial charge in [-0.05, 0) is 35.9 Å². The van der Waals surface area contributed by atoms with Crippen LogP contribution in [0.5, 0.6) is 0 Å². The molecular formula is C17H22N9+3. The highest BCUT2D eigenvalue weighted by atomic mass is 15.4. The largest absolute Gasteiger partial charge is 0.364 e. The zero-order valence-electron chi connectivity index (χ0n) is 14.1. The molecule has 0 atom stereocenters. The molecule has 12 N–H and O–H groups in total. The molecular weight excluding hydrogens is 330 g/mol. The summed E-state index contributed by atoms with van der Waals surface area (Å²) in [7, 11) is 0. The van der Waals surface area contributed by atoms with Crippen molar-refractivity contribution in [2.24, 2.45) is 27.4 Å². The topological polar surface area (TPSA) is 180 Å². The van der Waals surface area contributed by atoms with Gasteiger partial charge in [0.15, 0.2) is 6.21 Å². The van der Waals surface area contributed by atoms with Gasteiger partial charge in [0.1, 0.15) is 0 Å². The Morgan fingerprint density at radius 3 is 2.12 bits per heavy atom. The molecule has 0 bridgehead atoms. The molecule has 0 spiro atoms. The molecule has 2 rings (SSSR count). The maximum atomic E-state index is 5.71. The Kier molecular flexibility index (Phi) is 6.16. The fraction of sp³-hybridized carbons (Fsp3) is 0. The van der Waals surface area contributed by atoms with Crippen LogP contribution in [0.2, 0.25) is 0 Å². The molecule has 0 aliphatic rings. The van der Waals surface area contributed by atoms with Crippen molar-refractivity contribution in [2.75, 3.05) is 0 Å². The number of hydrazone groups is 1. The monoisotopic (exact) mass is 352 g/mol. The minimum Gasteiger partial charge on any atom is -0.364 e. The molecule has 0 aromatic heterocycles. The van der Waals surface area contributed by atoms with Crippen LogP contribution in [-0.2, 0) is 0 Å². The first-order chi connectivity index (χ1) is 12.5. The molecule has 132 valence electrons. The molecule has 0 aliphatic carbocycles. The standard InChI is InChI=1S/C17H19N9/c18-15(19)13-5-1-3-11(7-13)9-23-25-17(22)26-24-10-12-4-2-6-14(8-12)16(20)21/h1-10H,(H3,18,19)(H3,20,21)(H3,22,25,26)/p+3/b23-9+,24-10?. The van der Waals surface area contributed by atoms with Crippen molar-refractivity contribution >= 4 is 30.1 Å². The van der Waals surface area contributed by atoms with E-state index < -0.39 is 0 Å². The van der Waals surface area contributed by atoms with Gasteiger partial charge in [0.25, 0.3) is 17.6 Å². The van der Waals surface area contributed by atoms with Gasteiger partial charge < -0.3 is 5.73 Å². The van der Waals surface area contributed by atoms with Gasteiger partial charge in [-0.1, -0.05) is 18.2 Å². The fourth-order valence-corrected chi connectivity index (χ4v) is 1.98.